The van der Waals surface area contributed by atoms with Gasteiger partial charge >= 0.3 is 0 Å². The molecule has 0 aliphatic carbocycles. The summed E-state index contributed by atoms with van der Waals surface area (Å²) in [6.07, 6.45) is 0. The highest BCUT2D eigenvalue weighted by Crippen LogP contribution is 2.34. The Morgan fingerprint density at radius 2 is 1.62 bits per heavy atom. The number of aromatic amines is 1. The minimum atomic E-state index is -3.57. The summed E-state index contributed by atoms with van der Waals surface area (Å²) in [7, 11) is -3.57. The molecule has 150 valence electrons. The largest absolute Gasteiger partial charge is 0.381 e. The minimum Gasteiger partial charge on any atom is -0.381 e. The van der Waals surface area contributed by atoms with Gasteiger partial charge in [0.1, 0.15) is 0 Å². The Labute approximate surface area is 169 Å². The van der Waals surface area contributed by atoms with Crippen LogP contribution in [-0.2, 0) is 14.8 Å². The summed E-state index contributed by atoms with van der Waals surface area (Å²) in [4.78, 5) is 3.53. The summed E-state index contributed by atoms with van der Waals surface area (Å²) in [5.41, 5.74) is 2.36. The molecule has 2 aliphatic heterocycles. The monoisotopic (exact) mass is 410 g/mol. The molecule has 3 aromatic rings. The molecule has 2 aromatic carbocycles. The molecule has 2 saturated heterocycles. The second kappa shape index (κ2) is 7.05. The van der Waals surface area contributed by atoms with Crippen molar-refractivity contribution < 1.29 is 13.2 Å². The lowest BCUT2D eigenvalue weighted by molar-refractivity contribution is 0.168. The van der Waals surface area contributed by atoms with Crippen molar-refractivity contribution in [2.45, 2.75) is 11.8 Å². The minimum absolute atomic E-state index is 0.302. The number of ether oxygens (including phenoxy) is 1. The fourth-order valence-electron chi connectivity index (χ4n) is 4.12. The average molecular weight is 410 g/mol. The average Bonchev–Trinajstić information content (AvgIpc) is 3.45. The van der Waals surface area contributed by atoms with Gasteiger partial charge in [-0.1, -0.05) is 42.5 Å². The first-order chi connectivity index (χ1) is 14.0. The van der Waals surface area contributed by atoms with E-state index in [4.69, 9.17) is 4.74 Å². The molecule has 2 atom stereocenters. The normalized spacial score (nSPS) is 22.1. The summed E-state index contributed by atoms with van der Waals surface area (Å²) >= 11 is 0. The Morgan fingerprint density at radius 1 is 0.966 bits per heavy atom. The first-order valence-electron chi connectivity index (χ1n) is 9.69. The van der Waals surface area contributed by atoms with Crippen molar-refractivity contribution in [3.63, 3.8) is 0 Å². The molecule has 0 saturated carbocycles. The lowest BCUT2D eigenvalue weighted by Crippen LogP contribution is -2.31. The van der Waals surface area contributed by atoms with Gasteiger partial charge in [-0.15, -0.1) is 10.2 Å². The Balaban J connectivity index is 1.47. The van der Waals surface area contributed by atoms with Gasteiger partial charge in [0.25, 0.3) is 0 Å². The Kier molecular flexibility index (Phi) is 4.49. The zero-order valence-electron chi connectivity index (χ0n) is 16.1. The number of benzene rings is 2. The third kappa shape index (κ3) is 3.27. The van der Waals surface area contributed by atoms with Gasteiger partial charge in [0.15, 0.2) is 11.6 Å². The third-order valence-electron chi connectivity index (χ3n) is 5.82. The van der Waals surface area contributed by atoms with Gasteiger partial charge in [-0.3, -0.25) is 0 Å². The van der Waals surface area contributed by atoms with Gasteiger partial charge in [0, 0.05) is 36.1 Å². The summed E-state index contributed by atoms with van der Waals surface area (Å²) in [5, 5.41) is 8.44. The van der Waals surface area contributed by atoms with Crippen LogP contribution in [0, 0.1) is 18.8 Å². The number of nitrogens with zero attached hydrogens (tertiary/aromatic N) is 3. The maximum absolute atomic E-state index is 13.3. The van der Waals surface area contributed by atoms with Crippen molar-refractivity contribution in [2.75, 3.05) is 26.3 Å². The summed E-state index contributed by atoms with van der Waals surface area (Å²) in [5.74, 6) is 1.80. The van der Waals surface area contributed by atoms with Crippen LogP contribution in [0.3, 0.4) is 0 Å². The van der Waals surface area contributed by atoms with E-state index in [0.29, 0.717) is 60.2 Å². The van der Waals surface area contributed by atoms with Crippen LogP contribution in [0.15, 0.2) is 53.4 Å². The molecule has 0 bridgehead atoms. The molecule has 1 N–H and O–H groups in total. The quantitative estimate of drug-likeness (QED) is 0.714. The van der Waals surface area contributed by atoms with Crippen molar-refractivity contribution in [1.29, 1.82) is 0 Å². The van der Waals surface area contributed by atoms with E-state index >= 15 is 0 Å². The highest BCUT2D eigenvalue weighted by molar-refractivity contribution is 7.89. The first-order valence-corrected chi connectivity index (χ1v) is 11.1. The Hall–Kier alpha value is -2.55. The Bertz CT molecular complexity index is 1130. The standard InChI is InChI=1S/C21H22N4O3S/c1-14-7-8-16(21-22-20(23-24-21)15-5-3-2-4-6-15)9-19(14)29(26,27)25-10-17-12-28-13-18(17)11-25/h2-9,17-18H,10-13H2,1H3,(H,22,23,24). The molecule has 3 heterocycles. The zero-order valence-corrected chi connectivity index (χ0v) is 16.9. The Morgan fingerprint density at radius 3 is 2.31 bits per heavy atom. The number of sulfonamides is 1. The molecule has 0 spiro atoms. The number of hydrogen-bond donors (Lipinski definition) is 1. The number of H-pyrrole nitrogens is 1. The van der Waals surface area contributed by atoms with Crippen LogP contribution in [0.5, 0.6) is 0 Å². The van der Waals surface area contributed by atoms with Crippen LogP contribution in [0.2, 0.25) is 0 Å². The number of aromatic nitrogens is 3. The van der Waals surface area contributed by atoms with Crippen LogP contribution in [0.1, 0.15) is 5.56 Å². The predicted octanol–water partition coefficient (Wildman–Crippen LogP) is 2.71. The molecule has 5 rings (SSSR count). The van der Waals surface area contributed by atoms with Crippen molar-refractivity contribution >= 4 is 10.0 Å². The highest BCUT2D eigenvalue weighted by atomic mass is 32.2. The van der Waals surface area contributed by atoms with Crippen molar-refractivity contribution in [1.82, 2.24) is 19.5 Å². The fraction of sp³-hybridized carbons (Fsp3) is 0.333. The van der Waals surface area contributed by atoms with E-state index in [2.05, 4.69) is 15.2 Å². The number of fused-ring (bicyclic) bond motifs is 1. The van der Waals surface area contributed by atoms with E-state index < -0.39 is 10.0 Å². The van der Waals surface area contributed by atoms with Crippen LogP contribution in [-0.4, -0.2) is 54.2 Å². The first kappa shape index (κ1) is 18.5. The SMILES string of the molecule is Cc1ccc(-c2nnc(-c3ccccc3)[nH]2)cc1S(=O)(=O)N1CC2COCC2C1. The van der Waals surface area contributed by atoms with E-state index in [1.807, 2.05) is 49.4 Å². The van der Waals surface area contributed by atoms with Crippen molar-refractivity contribution in [3.05, 3.63) is 54.1 Å². The molecule has 2 fully saturated rings. The van der Waals surface area contributed by atoms with Crippen LogP contribution < -0.4 is 0 Å². The number of hydrogen-bond acceptors (Lipinski definition) is 5. The number of nitrogens with one attached hydrogen (secondary N) is 1. The molecular weight excluding hydrogens is 388 g/mol. The highest BCUT2D eigenvalue weighted by Gasteiger charge is 2.42. The van der Waals surface area contributed by atoms with Crippen LogP contribution in [0.25, 0.3) is 22.8 Å². The summed E-state index contributed by atoms with van der Waals surface area (Å²) < 4.78 is 33.8. The summed E-state index contributed by atoms with van der Waals surface area (Å²) in [6, 6.07) is 15.1. The van der Waals surface area contributed by atoms with Gasteiger partial charge < -0.3 is 9.72 Å². The predicted molar refractivity (Wildman–Crippen MR) is 109 cm³/mol. The number of aryl methyl sites for hydroxylation is 1. The topological polar surface area (TPSA) is 88.2 Å². The van der Waals surface area contributed by atoms with Crippen LogP contribution in [0.4, 0.5) is 0 Å². The van der Waals surface area contributed by atoms with Gasteiger partial charge in [0.2, 0.25) is 10.0 Å². The van der Waals surface area contributed by atoms with E-state index in [0.717, 1.165) is 11.1 Å². The molecular formula is C21H22N4O3S. The van der Waals surface area contributed by atoms with Gasteiger partial charge in [-0.05, 0) is 18.6 Å². The maximum atomic E-state index is 13.3. The van der Waals surface area contributed by atoms with E-state index in [-0.39, 0.29) is 0 Å². The van der Waals surface area contributed by atoms with Gasteiger partial charge in [-0.2, -0.15) is 4.31 Å². The smallest absolute Gasteiger partial charge is 0.243 e. The second-order valence-electron chi connectivity index (χ2n) is 7.75. The molecule has 8 heteroatoms. The lowest BCUT2D eigenvalue weighted by atomic mass is 10.0. The maximum Gasteiger partial charge on any atom is 0.243 e. The molecule has 1 aromatic heterocycles. The molecule has 0 amide bonds. The summed E-state index contributed by atoms with van der Waals surface area (Å²) in [6.45, 7) is 4.17. The van der Waals surface area contributed by atoms with Gasteiger partial charge in [0.05, 0.1) is 18.1 Å². The molecule has 7 nitrogen and oxygen atoms in total. The zero-order chi connectivity index (χ0) is 20.0. The van der Waals surface area contributed by atoms with Crippen molar-refractivity contribution in [3.8, 4) is 22.8 Å². The fourth-order valence-corrected chi connectivity index (χ4v) is 5.93. The lowest BCUT2D eigenvalue weighted by Gasteiger charge is -2.19. The van der Waals surface area contributed by atoms with Crippen molar-refractivity contribution in [2.24, 2.45) is 11.8 Å². The molecule has 29 heavy (non-hydrogen) atoms. The van der Waals surface area contributed by atoms with E-state index in [1.165, 1.54) is 0 Å². The molecule has 2 unspecified atom stereocenters. The third-order valence-corrected chi connectivity index (χ3v) is 7.79. The second-order valence-corrected chi connectivity index (χ2v) is 9.65. The van der Waals surface area contributed by atoms with E-state index in [9.17, 15) is 8.42 Å². The molecule has 0 radical (unpaired) electrons. The van der Waals surface area contributed by atoms with E-state index in [1.54, 1.807) is 10.4 Å². The molecule has 2 aliphatic rings. The van der Waals surface area contributed by atoms with Gasteiger partial charge in [-0.25, -0.2) is 8.42 Å². The number of rotatable bonds is 4. The van der Waals surface area contributed by atoms with Crippen LogP contribution >= 0.6 is 0 Å².